The van der Waals surface area contributed by atoms with Crippen molar-refractivity contribution in [2.45, 2.75) is 26.7 Å². The zero-order valence-corrected chi connectivity index (χ0v) is 18.3. The molecule has 6 nitrogen and oxygen atoms in total. The lowest BCUT2D eigenvalue weighted by Crippen LogP contribution is -2.48. The van der Waals surface area contributed by atoms with Crippen molar-refractivity contribution < 1.29 is 18.4 Å². The van der Waals surface area contributed by atoms with Gasteiger partial charge in [0, 0.05) is 37.4 Å². The zero-order valence-electron chi connectivity index (χ0n) is 18.3. The van der Waals surface area contributed by atoms with E-state index < -0.39 is 7.12 Å². The number of halogens is 1. The average molecular weight is 433 g/mol. The summed E-state index contributed by atoms with van der Waals surface area (Å²) in [6.07, 6.45) is 2.56. The smallest absolute Gasteiger partial charge is 0.407 e. The van der Waals surface area contributed by atoms with Crippen LogP contribution in [0.15, 0.2) is 42.5 Å². The summed E-state index contributed by atoms with van der Waals surface area (Å²) in [6.45, 7) is 14.3. The van der Waals surface area contributed by atoms with Gasteiger partial charge in [0.1, 0.15) is 5.82 Å². The van der Waals surface area contributed by atoms with E-state index in [2.05, 4.69) is 24.8 Å². The summed E-state index contributed by atoms with van der Waals surface area (Å²) in [5.41, 5.74) is 2.09. The lowest BCUT2D eigenvalue weighted by molar-refractivity contribution is 0.0343. The fraction of sp³-hybridized carbons (Fsp3) is 0.375. The van der Waals surface area contributed by atoms with Crippen molar-refractivity contribution in [3.8, 4) is 12.1 Å². The molecule has 2 heterocycles. The Morgan fingerprint density at radius 3 is 2.09 bits per heavy atom. The van der Waals surface area contributed by atoms with E-state index in [1.807, 2.05) is 6.07 Å². The maximum atomic E-state index is 12.1. The SMILES string of the molecule is C1CCOC1.N#Cc1ccc(F)cc1.[C-]#[N+]c1ccc(C#N)c(B2OCC(C)(C)CO2)c1. The lowest BCUT2D eigenvalue weighted by atomic mass is 9.73. The van der Waals surface area contributed by atoms with Gasteiger partial charge in [-0.05, 0) is 42.6 Å². The molecule has 2 aromatic rings. The summed E-state index contributed by atoms with van der Waals surface area (Å²) >= 11 is 0. The largest absolute Gasteiger partial charge is 0.493 e. The van der Waals surface area contributed by atoms with E-state index in [1.165, 1.54) is 37.1 Å². The second-order valence-electron chi connectivity index (χ2n) is 8.05. The van der Waals surface area contributed by atoms with E-state index in [0.717, 1.165) is 13.2 Å². The number of nitriles is 2. The predicted octanol–water partition coefficient (Wildman–Crippen LogP) is 4.37. The third kappa shape index (κ3) is 8.14. The maximum absolute atomic E-state index is 12.1. The first-order chi connectivity index (χ1) is 15.4. The Labute approximate surface area is 189 Å². The highest BCUT2D eigenvalue weighted by Crippen LogP contribution is 2.22. The second-order valence-corrected chi connectivity index (χ2v) is 8.05. The van der Waals surface area contributed by atoms with E-state index in [-0.39, 0.29) is 11.2 Å². The number of hydrogen-bond acceptors (Lipinski definition) is 5. The Balaban J connectivity index is 0.000000213. The van der Waals surface area contributed by atoms with Gasteiger partial charge in [0.15, 0.2) is 5.69 Å². The molecule has 0 spiro atoms. The zero-order chi connectivity index (χ0) is 23.4. The third-order valence-corrected chi connectivity index (χ3v) is 4.59. The lowest BCUT2D eigenvalue weighted by Gasteiger charge is -2.33. The number of benzene rings is 2. The van der Waals surface area contributed by atoms with Crippen molar-refractivity contribution in [3.63, 3.8) is 0 Å². The quantitative estimate of drug-likeness (QED) is 0.493. The molecular formula is C24H25BFN3O3. The molecule has 0 N–H and O–H groups in total. The van der Waals surface area contributed by atoms with Crippen molar-refractivity contribution in [1.82, 2.24) is 0 Å². The number of rotatable bonds is 1. The van der Waals surface area contributed by atoms with Crippen molar-refractivity contribution in [1.29, 1.82) is 10.5 Å². The Bertz CT molecular complexity index is 986. The molecule has 8 heteroatoms. The maximum Gasteiger partial charge on any atom is 0.493 e. The first-order valence-corrected chi connectivity index (χ1v) is 10.3. The van der Waals surface area contributed by atoms with Crippen LogP contribution in [-0.4, -0.2) is 33.5 Å². The first kappa shape index (κ1) is 25.0. The molecule has 2 aromatic carbocycles. The average Bonchev–Trinajstić information content (AvgIpc) is 3.40. The van der Waals surface area contributed by atoms with Gasteiger partial charge in [0.2, 0.25) is 0 Å². The molecule has 0 amide bonds. The molecule has 2 saturated heterocycles. The van der Waals surface area contributed by atoms with E-state index >= 15 is 0 Å². The molecule has 164 valence electrons. The number of hydrogen-bond donors (Lipinski definition) is 0. The highest BCUT2D eigenvalue weighted by Gasteiger charge is 2.34. The first-order valence-electron chi connectivity index (χ1n) is 10.3. The molecule has 0 saturated carbocycles. The summed E-state index contributed by atoms with van der Waals surface area (Å²) in [7, 11) is -0.547. The molecule has 0 radical (unpaired) electrons. The fourth-order valence-electron chi connectivity index (χ4n) is 2.82. The summed E-state index contributed by atoms with van der Waals surface area (Å²) in [5.74, 6) is -0.311. The van der Waals surface area contributed by atoms with Crippen LogP contribution in [-0.2, 0) is 14.0 Å². The van der Waals surface area contributed by atoms with Crippen molar-refractivity contribution in [2.75, 3.05) is 26.4 Å². The van der Waals surface area contributed by atoms with E-state index in [9.17, 15) is 4.39 Å². The highest BCUT2D eigenvalue weighted by atomic mass is 19.1. The van der Waals surface area contributed by atoms with Gasteiger partial charge < -0.3 is 14.0 Å². The van der Waals surface area contributed by atoms with Crippen molar-refractivity contribution >= 4 is 18.3 Å². The van der Waals surface area contributed by atoms with Crippen LogP contribution in [0.1, 0.15) is 37.8 Å². The van der Waals surface area contributed by atoms with Gasteiger partial charge in [-0.1, -0.05) is 32.0 Å². The Kier molecular flexibility index (Phi) is 9.86. The topological polar surface area (TPSA) is 79.6 Å². The van der Waals surface area contributed by atoms with Gasteiger partial charge in [-0.25, -0.2) is 9.24 Å². The van der Waals surface area contributed by atoms with Crippen LogP contribution in [0.5, 0.6) is 0 Å². The van der Waals surface area contributed by atoms with Crippen molar-refractivity contribution in [2.24, 2.45) is 5.41 Å². The summed E-state index contributed by atoms with van der Waals surface area (Å²) in [5, 5.41) is 17.3. The Morgan fingerprint density at radius 1 is 1.00 bits per heavy atom. The summed E-state index contributed by atoms with van der Waals surface area (Å²) in [4.78, 5) is 3.36. The number of ether oxygens (including phenoxy) is 1. The molecule has 32 heavy (non-hydrogen) atoms. The van der Waals surface area contributed by atoms with E-state index in [4.69, 9.17) is 31.1 Å². The summed E-state index contributed by atoms with van der Waals surface area (Å²) in [6, 6.07) is 14.3. The van der Waals surface area contributed by atoms with Crippen LogP contribution in [0, 0.1) is 40.5 Å². The van der Waals surface area contributed by atoms with Gasteiger partial charge in [-0.2, -0.15) is 10.5 Å². The monoisotopic (exact) mass is 433 g/mol. The molecule has 2 fully saturated rings. The Morgan fingerprint density at radius 2 is 1.62 bits per heavy atom. The van der Waals surface area contributed by atoms with Crippen molar-refractivity contribution in [3.05, 3.63) is 70.8 Å². The molecule has 2 aliphatic rings. The predicted molar refractivity (Wildman–Crippen MR) is 120 cm³/mol. The van der Waals surface area contributed by atoms with Crippen LogP contribution >= 0.6 is 0 Å². The molecule has 0 aliphatic carbocycles. The molecule has 0 bridgehead atoms. The standard InChI is InChI=1S/C13H13BN2O2.C7H4FN.C4H8O/c1-13(2)8-17-14(18-9-13)12-6-11(16-3)5-4-10(12)7-15;8-7-3-1-6(5-9)2-4-7;1-2-4-5-3-1/h4-6H,8-9H2,1-2H3;1-4H;1-4H2. The Hall–Kier alpha value is -3.22. The molecule has 4 rings (SSSR count). The van der Waals surface area contributed by atoms with E-state index in [0.29, 0.717) is 35.5 Å². The van der Waals surface area contributed by atoms with Crippen LogP contribution < -0.4 is 5.46 Å². The molecule has 0 aromatic heterocycles. The third-order valence-electron chi connectivity index (χ3n) is 4.59. The fourth-order valence-corrected chi connectivity index (χ4v) is 2.82. The summed E-state index contributed by atoms with van der Waals surface area (Å²) < 4.78 is 28.3. The molecule has 0 unspecified atom stereocenters. The van der Waals surface area contributed by atoms with Gasteiger partial charge in [-0.15, -0.1) is 0 Å². The van der Waals surface area contributed by atoms with Gasteiger partial charge in [0.25, 0.3) is 0 Å². The normalized spacial score (nSPS) is 16.2. The highest BCUT2D eigenvalue weighted by molar-refractivity contribution is 6.62. The van der Waals surface area contributed by atoms with E-state index in [1.54, 1.807) is 18.2 Å². The number of nitrogens with zero attached hydrogens (tertiary/aromatic N) is 3. The van der Waals surface area contributed by atoms with Crippen LogP contribution in [0.25, 0.3) is 4.85 Å². The minimum absolute atomic E-state index is 0.0132. The van der Waals surface area contributed by atoms with Gasteiger partial charge >= 0.3 is 7.12 Å². The van der Waals surface area contributed by atoms with Crippen LogP contribution in [0.2, 0.25) is 0 Å². The van der Waals surface area contributed by atoms with Crippen LogP contribution in [0.4, 0.5) is 10.1 Å². The molecular weight excluding hydrogens is 408 g/mol. The second kappa shape index (κ2) is 12.6. The van der Waals surface area contributed by atoms with Crippen LogP contribution in [0.3, 0.4) is 0 Å². The van der Waals surface area contributed by atoms with Gasteiger partial charge in [0.05, 0.1) is 24.3 Å². The molecule has 0 atom stereocenters. The minimum Gasteiger partial charge on any atom is -0.407 e. The molecule has 2 aliphatic heterocycles. The van der Waals surface area contributed by atoms with Gasteiger partial charge in [-0.3, -0.25) is 0 Å². The minimum atomic E-state index is -0.547.